The molecule has 0 aromatic rings. The fourth-order valence-electron chi connectivity index (χ4n) is 1.92. The van der Waals surface area contributed by atoms with E-state index in [1.807, 2.05) is 6.07 Å². The quantitative estimate of drug-likeness (QED) is 0.668. The first kappa shape index (κ1) is 10.2. The van der Waals surface area contributed by atoms with Gasteiger partial charge in [0.05, 0.1) is 6.07 Å². The Bertz CT molecular complexity index is 211. The van der Waals surface area contributed by atoms with Crippen molar-refractivity contribution in [3.63, 3.8) is 0 Å². The van der Waals surface area contributed by atoms with Crippen molar-refractivity contribution in [2.24, 2.45) is 11.8 Å². The Morgan fingerprint density at radius 3 is 2.62 bits per heavy atom. The minimum Gasteiger partial charge on any atom is -0.298 e. The van der Waals surface area contributed by atoms with Crippen LogP contribution in [0, 0.1) is 23.2 Å². The summed E-state index contributed by atoms with van der Waals surface area (Å²) in [6.45, 7) is 1.70. The third-order valence-electron chi connectivity index (χ3n) is 2.89. The number of carbonyl (C=O) groups is 1. The Labute approximate surface area is 79.9 Å². The van der Waals surface area contributed by atoms with Crippen LogP contribution in [0.5, 0.6) is 0 Å². The third kappa shape index (κ3) is 3.18. The molecule has 72 valence electrons. The molecule has 0 aromatic carbocycles. The van der Waals surface area contributed by atoms with E-state index in [0.717, 1.165) is 0 Å². The molecule has 0 radical (unpaired) electrons. The highest BCUT2D eigenvalue weighted by molar-refractivity contribution is 5.83. The molecule has 1 atom stereocenters. The van der Waals surface area contributed by atoms with Crippen molar-refractivity contribution in [3.8, 4) is 6.07 Å². The first-order valence-electron chi connectivity index (χ1n) is 5.16. The molecule has 2 heteroatoms. The predicted octanol–water partition coefficient (Wildman–Crippen LogP) is 2.69. The van der Waals surface area contributed by atoms with Gasteiger partial charge in [0.25, 0.3) is 0 Å². The van der Waals surface area contributed by atoms with E-state index in [1.165, 1.54) is 32.1 Å². The lowest BCUT2D eigenvalue weighted by Crippen LogP contribution is -2.16. The zero-order chi connectivity index (χ0) is 9.68. The van der Waals surface area contributed by atoms with Crippen molar-refractivity contribution in [3.05, 3.63) is 0 Å². The van der Waals surface area contributed by atoms with E-state index in [2.05, 4.69) is 0 Å². The van der Waals surface area contributed by atoms with Crippen LogP contribution >= 0.6 is 0 Å². The Balaban J connectivity index is 2.31. The van der Waals surface area contributed by atoms with Crippen molar-refractivity contribution in [2.75, 3.05) is 0 Å². The number of ketones is 1. The number of nitrogens with zero attached hydrogens (tertiary/aromatic N) is 1. The Hall–Kier alpha value is -0.840. The minimum atomic E-state index is -0.401. The van der Waals surface area contributed by atoms with Crippen molar-refractivity contribution in [1.82, 2.24) is 0 Å². The first-order chi connectivity index (χ1) is 6.24. The Morgan fingerprint density at radius 2 is 2.08 bits per heavy atom. The van der Waals surface area contributed by atoms with E-state index in [4.69, 9.17) is 5.26 Å². The van der Waals surface area contributed by atoms with Crippen LogP contribution in [0.3, 0.4) is 0 Å². The molecule has 1 aliphatic carbocycles. The second-order valence-corrected chi connectivity index (χ2v) is 4.03. The molecule has 1 unspecified atom stereocenters. The number of nitriles is 1. The van der Waals surface area contributed by atoms with Gasteiger partial charge in [-0.05, 0) is 12.8 Å². The molecule has 0 bridgehead atoms. The van der Waals surface area contributed by atoms with Gasteiger partial charge in [-0.3, -0.25) is 4.79 Å². The highest BCUT2D eigenvalue weighted by Crippen LogP contribution is 2.27. The van der Waals surface area contributed by atoms with Crippen LogP contribution in [0.1, 0.15) is 45.4 Å². The molecule has 0 N–H and O–H groups in total. The van der Waals surface area contributed by atoms with Gasteiger partial charge in [0.15, 0.2) is 0 Å². The molecule has 1 rings (SSSR count). The summed E-state index contributed by atoms with van der Waals surface area (Å²) < 4.78 is 0. The maximum Gasteiger partial charge on any atom is 0.149 e. The molecule has 1 fully saturated rings. The van der Waals surface area contributed by atoms with Gasteiger partial charge in [0.1, 0.15) is 11.7 Å². The molecule has 0 saturated heterocycles. The van der Waals surface area contributed by atoms with Crippen LogP contribution in [-0.4, -0.2) is 5.78 Å². The number of hydrogen-bond donors (Lipinski definition) is 0. The number of carbonyl (C=O) groups excluding carboxylic acids is 1. The van der Waals surface area contributed by atoms with E-state index in [0.29, 0.717) is 12.3 Å². The van der Waals surface area contributed by atoms with E-state index in [-0.39, 0.29) is 5.78 Å². The molecule has 0 spiro atoms. The van der Waals surface area contributed by atoms with E-state index < -0.39 is 5.92 Å². The normalized spacial score (nSPS) is 20.6. The molecule has 0 amide bonds. The Morgan fingerprint density at radius 1 is 1.46 bits per heavy atom. The van der Waals surface area contributed by atoms with Crippen LogP contribution in [0.2, 0.25) is 0 Å². The van der Waals surface area contributed by atoms with Gasteiger partial charge in [-0.25, -0.2) is 0 Å². The maximum absolute atomic E-state index is 11.4. The van der Waals surface area contributed by atoms with Gasteiger partial charge in [0.2, 0.25) is 0 Å². The molecule has 13 heavy (non-hydrogen) atoms. The van der Waals surface area contributed by atoms with Crippen LogP contribution in [0.15, 0.2) is 0 Å². The number of Topliss-reactive ketones (excluding diaryl/α,β-unsaturated/α-hetero) is 1. The average Bonchev–Trinajstić information content (AvgIpc) is 2.18. The first-order valence-corrected chi connectivity index (χ1v) is 5.16. The number of rotatable bonds is 3. The molecule has 0 heterocycles. The monoisotopic (exact) mass is 179 g/mol. The standard InChI is InChI=1S/C11H17NO/c1-9(8-12)11(13)7-10-5-3-2-4-6-10/h9-10H,2-7H2,1H3. The Kier molecular flexibility index (Phi) is 3.95. The summed E-state index contributed by atoms with van der Waals surface area (Å²) in [5, 5.41) is 8.56. The van der Waals surface area contributed by atoms with E-state index in [9.17, 15) is 4.79 Å². The largest absolute Gasteiger partial charge is 0.298 e. The van der Waals surface area contributed by atoms with Gasteiger partial charge in [-0.2, -0.15) is 5.26 Å². The second-order valence-electron chi connectivity index (χ2n) is 4.03. The fourth-order valence-corrected chi connectivity index (χ4v) is 1.92. The van der Waals surface area contributed by atoms with Gasteiger partial charge in [-0.15, -0.1) is 0 Å². The lowest BCUT2D eigenvalue weighted by atomic mass is 9.84. The van der Waals surface area contributed by atoms with Crippen molar-refractivity contribution in [1.29, 1.82) is 5.26 Å². The third-order valence-corrected chi connectivity index (χ3v) is 2.89. The number of hydrogen-bond acceptors (Lipinski definition) is 2. The molecule has 1 saturated carbocycles. The smallest absolute Gasteiger partial charge is 0.149 e. The van der Waals surface area contributed by atoms with Gasteiger partial charge < -0.3 is 0 Å². The summed E-state index contributed by atoms with van der Waals surface area (Å²) in [5.74, 6) is 0.299. The zero-order valence-electron chi connectivity index (χ0n) is 8.25. The van der Waals surface area contributed by atoms with Crippen molar-refractivity contribution in [2.45, 2.75) is 45.4 Å². The fraction of sp³-hybridized carbons (Fsp3) is 0.818. The average molecular weight is 179 g/mol. The van der Waals surface area contributed by atoms with Gasteiger partial charge in [-0.1, -0.05) is 32.1 Å². The van der Waals surface area contributed by atoms with Crippen LogP contribution < -0.4 is 0 Å². The summed E-state index contributed by atoms with van der Waals surface area (Å²) in [5.41, 5.74) is 0. The SMILES string of the molecule is CC(C#N)C(=O)CC1CCCCC1. The lowest BCUT2D eigenvalue weighted by Gasteiger charge is -2.20. The van der Waals surface area contributed by atoms with E-state index >= 15 is 0 Å². The van der Waals surface area contributed by atoms with Gasteiger partial charge >= 0.3 is 0 Å². The zero-order valence-corrected chi connectivity index (χ0v) is 8.25. The van der Waals surface area contributed by atoms with E-state index in [1.54, 1.807) is 6.92 Å². The molecule has 0 aliphatic heterocycles. The summed E-state index contributed by atoms with van der Waals surface area (Å²) in [6, 6.07) is 2.00. The highest BCUT2D eigenvalue weighted by Gasteiger charge is 2.20. The summed E-state index contributed by atoms with van der Waals surface area (Å²) in [7, 11) is 0. The second kappa shape index (κ2) is 5.01. The molecule has 2 nitrogen and oxygen atoms in total. The molecular weight excluding hydrogens is 162 g/mol. The predicted molar refractivity (Wildman–Crippen MR) is 51.0 cm³/mol. The van der Waals surface area contributed by atoms with Crippen LogP contribution in [0.25, 0.3) is 0 Å². The molecule has 1 aliphatic rings. The summed E-state index contributed by atoms with van der Waals surface area (Å²) in [6.07, 6.45) is 6.85. The maximum atomic E-state index is 11.4. The molecular formula is C11H17NO. The summed E-state index contributed by atoms with van der Waals surface area (Å²) in [4.78, 5) is 11.4. The lowest BCUT2D eigenvalue weighted by molar-refractivity contribution is -0.122. The van der Waals surface area contributed by atoms with Crippen LogP contribution in [-0.2, 0) is 4.79 Å². The molecule has 0 aromatic heterocycles. The highest BCUT2D eigenvalue weighted by atomic mass is 16.1. The summed E-state index contributed by atoms with van der Waals surface area (Å²) >= 11 is 0. The van der Waals surface area contributed by atoms with Gasteiger partial charge in [0, 0.05) is 6.42 Å². The van der Waals surface area contributed by atoms with Crippen LogP contribution in [0.4, 0.5) is 0 Å². The minimum absolute atomic E-state index is 0.134. The van der Waals surface area contributed by atoms with Crippen molar-refractivity contribution < 1.29 is 4.79 Å². The topological polar surface area (TPSA) is 40.9 Å². The van der Waals surface area contributed by atoms with Crippen molar-refractivity contribution >= 4 is 5.78 Å².